The van der Waals surface area contributed by atoms with Crippen LogP contribution in [-0.4, -0.2) is 26.0 Å². The normalized spacial score (nSPS) is 14.0. The maximum atomic E-state index is 13.6. The molecule has 3 aromatic heterocycles. The molecule has 150 valence electrons. The van der Waals surface area contributed by atoms with Crippen molar-refractivity contribution in [3.05, 3.63) is 105 Å². The lowest BCUT2D eigenvalue weighted by molar-refractivity contribution is 0.244. The number of fused-ring (bicyclic) bond motifs is 3. The SMILES string of the molecule is O=c1c2c(c3cccnc3n1Cc1cc(Cl)ccn1)CCN(Cc1ccccc1)C2. The molecule has 0 spiro atoms. The van der Waals surface area contributed by atoms with Crippen molar-refractivity contribution in [2.24, 2.45) is 0 Å². The van der Waals surface area contributed by atoms with E-state index in [0.717, 1.165) is 41.7 Å². The highest BCUT2D eigenvalue weighted by Gasteiger charge is 2.24. The Morgan fingerprint density at radius 1 is 0.933 bits per heavy atom. The Hall–Kier alpha value is -3.02. The molecule has 30 heavy (non-hydrogen) atoms. The van der Waals surface area contributed by atoms with Gasteiger partial charge in [-0.1, -0.05) is 41.9 Å². The third kappa shape index (κ3) is 3.62. The molecule has 0 radical (unpaired) electrons. The first-order valence-corrected chi connectivity index (χ1v) is 10.4. The van der Waals surface area contributed by atoms with Crippen LogP contribution in [0.5, 0.6) is 0 Å². The van der Waals surface area contributed by atoms with E-state index in [1.165, 1.54) is 5.56 Å². The molecule has 0 saturated carbocycles. The molecule has 4 aromatic rings. The fourth-order valence-electron chi connectivity index (χ4n) is 4.24. The zero-order valence-corrected chi connectivity index (χ0v) is 17.2. The van der Waals surface area contributed by atoms with Crippen LogP contribution in [0.1, 0.15) is 22.4 Å². The molecule has 5 nitrogen and oxygen atoms in total. The Kier molecular flexibility index (Phi) is 5.07. The van der Waals surface area contributed by atoms with Crippen LogP contribution in [0.3, 0.4) is 0 Å². The number of rotatable bonds is 4. The van der Waals surface area contributed by atoms with Crippen molar-refractivity contribution in [2.45, 2.75) is 26.1 Å². The summed E-state index contributed by atoms with van der Waals surface area (Å²) in [6, 6.07) is 17.9. The zero-order valence-electron chi connectivity index (χ0n) is 16.5. The van der Waals surface area contributed by atoms with E-state index in [9.17, 15) is 4.79 Å². The minimum atomic E-state index is 0.00994. The Bertz CT molecular complexity index is 1270. The quantitative estimate of drug-likeness (QED) is 0.503. The van der Waals surface area contributed by atoms with Crippen LogP contribution < -0.4 is 5.56 Å². The van der Waals surface area contributed by atoms with Gasteiger partial charge in [-0.25, -0.2) is 4.98 Å². The van der Waals surface area contributed by atoms with Gasteiger partial charge in [0.1, 0.15) is 5.65 Å². The van der Waals surface area contributed by atoms with Gasteiger partial charge in [0, 0.05) is 48.0 Å². The Morgan fingerprint density at radius 3 is 2.63 bits per heavy atom. The largest absolute Gasteiger partial charge is 0.294 e. The molecule has 0 atom stereocenters. The monoisotopic (exact) mass is 416 g/mol. The summed E-state index contributed by atoms with van der Waals surface area (Å²) in [4.78, 5) is 24.8. The van der Waals surface area contributed by atoms with Crippen molar-refractivity contribution in [3.63, 3.8) is 0 Å². The summed E-state index contributed by atoms with van der Waals surface area (Å²) in [5.41, 5.74) is 4.71. The van der Waals surface area contributed by atoms with Crippen LogP contribution in [0.15, 0.2) is 71.8 Å². The van der Waals surface area contributed by atoms with E-state index in [2.05, 4.69) is 45.2 Å². The molecule has 1 aromatic carbocycles. The van der Waals surface area contributed by atoms with Crippen molar-refractivity contribution in [3.8, 4) is 0 Å². The number of pyridine rings is 3. The maximum absolute atomic E-state index is 13.6. The van der Waals surface area contributed by atoms with E-state index in [-0.39, 0.29) is 5.56 Å². The first-order valence-electron chi connectivity index (χ1n) is 10.0. The summed E-state index contributed by atoms with van der Waals surface area (Å²) in [6.07, 6.45) is 4.24. The lowest BCUT2D eigenvalue weighted by Gasteiger charge is -2.29. The van der Waals surface area contributed by atoms with Crippen LogP contribution in [0, 0.1) is 0 Å². The van der Waals surface area contributed by atoms with Gasteiger partial charge in [0.05, 0.1) is 12.2 Å². The summed E-state index contributed by atoms with van der Waals surface area (Å²) in [6.45, 7) is 2.74. The molecule has 5 rings (SSSR count). The van der Waals surface area contributed by atoms with Gasteiger partial charge < -0.3 is 0 Å². The minimum absolute atomic E-state index is 0.00994. The second kappa shape index (κ2) is 8.01. The summed E-state index contributed by atoms with van der Waals surface area (Å²) >= 11 is 6.13. The Labute approximate surface area is 179 Å². The number of halogens is 1. The standard InChI is InChI=1S/C24H21ClN4O/c25-18-8-11-26-19(13-18)15-29-23-21(7-4-10-27-23)20-9-12-28(16-22(20)24(29)30)14-17-5-2-1-3-6-17/h1-8,10-11,13H,9,12,14-16H2. The highest BCUT2D eigenvalue weighted by Crippen LogP contribution is 2.25. The first kappa shape index (κ1) is 19.0. The van der Waals surface area contributed by atoms with E-state index in [4.69, 9.17) is 11.6 Å². The second-order valence-electron chi connectivity index (χ2n) is 7.63. The van der Waals surface area contributed by atoms with Gasteiger partial charge in [0.2, 0.25) is 0 Å². The highest BCUT2D eigenvalue weighted by molar-refractivity contribution is 6.30. The van der Waals surface area contributed by atoms with E-state index < -0.39 is 0 Å². The van der Waals surface area contributed by atoms with E-state index in [1.54, 1.807) is 29.1 Å². The number of aromatic nitrogens is 3. The topological polar surface area (TPSA) is 51.0 Å². The number of hydrogen-bond acceptors (Lipinski definition) is 4. The molecule has 0 bridgehead atoms. The lowest BCUT2D eigenvalue weighted by Crippen LogP contribution is -2.37. The fraction of sp³-hybridized carbons (Fsp3) is 0.208. The maximum Gasteiger partial charge on any atom is 0.257 e. The molecular weight excluding hydrogens is 396 g/mol. The molecular formula is C24H21ClN4O. The first-order chi connectivity index (χ1) is 14.7. The number of nitrogens with zero attached hydrogens (tertiary/aromatic N) is 4. The van der Waals surface area contributed by atoms with Crippen LogP contribution in [0.4, 0.5) is 0 Å². The average Bonchev–Trinajstić information content (AvgIpc) is 2.77. The average molecular weight is 417 g/mol. The molecule has 4 heterocycles. The predicted molar refractivity (Wildman–Crippen MR) is 119 cm³/mol. The van der Waals surface area contributed by atoms with Crippen LogP contribution in [0.2, 0.25) is 5.02 Å². The summed E-state index contributed by atoms with van der Waals surface area (Å²) in [5.74, 6) is 0. The predicted octanol–water partition coefficient (Wildman–Crippen LogP) is 4.05. The Morgan fingerprint density at radius 2 is 1.80 bits per heavy atom. The van der Waals surface area contributed by atoms with Crippen LogP contribution in [-0.2, 0) is 26.1 Å². The van der Waals surface area contributed by atoms with Crippen molar-refractivity contribution < 1.29 is 0 Å². The molecule has 0 amide bonds. The molecule has 0 N–H and O–H groups in total. The van der Waals surface area contributed by atoms with Gasteiger partial charge in [-0.3, -0.25) is 19.2 Å². The molecule has 6 heteroatoms. The number of benzene rings is 1. The third-order valence-corrected chi connectivity index (χ3v) is 5.88. The molecule has 0 fully saturated rings. The summed E-state index contributed by atoms with van der Waals surface area (Å²) < 4.78 is 1.73. The third-order valence-electron chi connectivity index (χ3n) is 5.64. The Balaban J connectivity index is 1.57. The van der Waals surface area contributed by atoms with Gasteiger partial charge in [-0.2, -0.15) is 0 Å². The summed E-state index contributed by atoms with van der Waals surface area (Å²) in [5, 5.41) is 1.66. The molecule has 0 unspecified atom stereocenters. The molecule has 0 aliphatic carbocycles. The van der Waals surface area contributed by atoms with Crippen LogP contribution >= 0.6 is 11.6 Å². The fourth-order valence-corrected chi connectivity index (χ4v) is 4.42. The lowest BCUT2D eigenvalue weighted by atomic mass is 9.97. The smallest absolute Gasteiger partial charge is 0.257 e. The molecule has 1 aliphatic heterocycles. The minimum Gasteiger partial charge on any atom is -0.294 e. The van der Waals surface area contributed by atoms with Crippen molar-refractivity contribution >= 4 is 22.6 Å². The van der Waals surface area contributed by atoms with Gasteiger partial charge in [0.25, 0.3) is 5.56 Å². The van der Waals surface area contributed by atoms with Gasteiger partial charge >= 0.3 is 0 Å². The van der Waals surface area contributed by atoms with Crippen LogP contribution in [0.25, 0.3) is 11.0 Å². The highest BCUT2D eigenvalue weighted by atomic mass is 35.5. The zero-order chi connectivity index (χ0) is 20.5. The van der Waals surface area contributed by atoms with E-state index in [0.29, 0.717) is 23.8 Å². The molecule has 1 aliphatic rings. The van der Waals surface area contributed by atoms with E-state index in [1.807, 2.05) is 12.1 Å². The van der Waals surface area contributed by atoms with Crippen molar-refractivity contribution in [2.75, 3.05) is 6.54 Å². The second-order valence-corrected chi connectivity index (χ2v) is 8.07. The van der Waals surface area contributed by atoms with Gasteiger partial charge in [0.15, 0.2) is 0 Å². The summed E-state index contributed by atoms with van der Waals surface area (Å²) in [7, 11) is 0. The molecule has 0 saturated heterocycles. The van der Waals surface area contributed by atoms with Gasteiger partial charge in [-0.15, -0.1) is 0 Å². The van der Waals surface area contributed by atoms with Crippen molar-refractivity contribution in [1.29, 1.82) is 0 Å². The van der Waals surface area contributed by atoms with E-state index >= 15 is 0 Å². The van der Waals surface area contributed by atoms with Gasteiger partial charge in [-0.05, 0) is 41.8 Å². The van der Waals surface area contributed by atoms with Crippen molar-refractivity contribution in [1.82, 2.24) is 19.4 Å². The number of hydrogen-bond donors (Lipinski definition) is 0.